The van der Waals surface area contributed by atoms with Gasteiger partial charge in [0.1, 0.15) is 6.61 Å². The fourth-order valence-electron chi connectivity index (χ4n) is 1.48. The van der Waals surface area contributed by atoms with E-state index in [1.54, 1.807) is 0 Å². The Labute approximate surface area is 104 Å². The molecule has 96 valence electrons. The summed E-state index contributed by atoms with van der Waals surface area (Å²) in [5, 5.41) is 6.46. The van der Waals surface area contributed by atoms with E-state index in [1.807, 2.05) is 29.9 Å². The van der Waals surface area contributed by atoms with Crippen molar-refractivity contribution in [1.82, 2.24) is 20.0 Å². The third kappa shape index (κ3) is 2.75. The highest BCUT2D eigenvalue weighted by molar-refractivity contribution is 5.76. The van der Waals surface area contributed by atoms with Gasteiger partial charge in [-0.25, -0.2) is 0 Å². The van der Waals surface area contributed by atoms with Crippen LogP contribution in [0.15, 0.2) is 22.9 Å². The number of methoxy groups -OCH3 is 1. The fraction of sp³-hybridized carbons (Fsp3) is 0.364. The van der Waals surface area contributed by atoms with Crippen LogP contribution in [0.3, 0.4) is 0 Å². The first-order chi connectivity index (χ1) is 8.70. The maximum absolute atomic E-state index is 11.2. The van der Waals surface area contributed by atoms with Crippen LogP contribution in [-0.4, -0.2) is 34.3 Å². The molecule has 0 aliphatic carbocycles. The number of nitrogens with zero attached hydrogens (tertiary/aromatic N) is 3. The summed E-state index contributed by atoms with van der Waals surface area (Å²) < 4.78 is 11.6. The number of ether oxygens (including phenoxy) is 1. The van der Waals surface area contributed by atoms with Crippen molar-refractivity contribution >= 4 is 5.91 Å². The molecule has 0 aliphatic heterocycles. The van der Waals surface area contributed by atoms with Crippen LogP contribution in [0.5, 0.6) is 0 Å². The van der Waals surface area contributed by atoms with Gasteiger partial charge in [0.25, 0.3) is 0 Å². The van der Waals surface area contributed by atoms with Crippen LogP contribution >= 0.6 is 0 Å². The summed E-state index contributed by atoms with van der Waals surface area (Å²) in [7, 11) is 3.35. The SMILES string of the molecule is COCC(=O)NCc1nc(-c2cccn2C)no1. The highest BCUT2D eigenvalue weighted by atomic mass is 16.5. The number of rotatable bonds is 5. The summed E-state index contributed by atoms with van der Waals surface area (Å²) in [6.45, 7) is 0.207. The average Bonchev–Trinajstić information content (AvgIpc) is 2.95. The Morgan fingerprint density at radius 2 is 2.44 bits per heavy atom. The Kier molecular flexibility index (Phi) is 3.73. The van der Waals surface area contributed by atoms with Crippen LogP contribution in [-0.2, 0) is 23.1 Å². The van der Waals surface area contributed by atoms with Gasteiger partial charge in [0.2, 0.25) is 17.6 Å². The molecule has 0 saturated heterocycles. The predicted octanol–water partition coefficient (Wildman–Crippen LogP) is 0.338. The Balaban J connectivity index is 1.99. The second-order valence-corrected chi connectivity index (χ2v) is 3.73. The van der Waals surface area contributed by atoms with E-state index in [0.717, 1.165) is 5.69 Å². The number of nitrogens with one attached hydrogen (secondary N) is 1. The largest absolute Gasteiger partial charge is 0.375 e. The maximum atomic E-state index is 11.2. The fourth-order valence-corrected chi connectivity index (χ4v) is 1.48. The van der Waals surface area contributed by atoms with Gasteiger partial charge in [-0.05, 0) is 12.1 Å². The minimum atomic E-state index is -0.226. The molecule has 0 spiro atoms. The first kappa shape index (κ1) is 12.3. The summed E-state index contributed by atoms with van der Waals surface area (Å²) in [6.07, 6.45) is 1.89. The average molecular weight is 250 g/mol. The van der Waals surface area contributed by atoms with Crippen molar-refractivity contribution in [1.29, 1.82) is 0 Å². The topological polar surface area (TPSA) is 82.2 Å². The van der Waals surface area contributed by atoms with Crippen molar-refractivity contribution in [2.45, 2.75) is 6.54 Å². The van der Waals surface area contributed by atoms with Gasteiger partial charge >= 0.3 is 0 Å². The molecule has 2 rings (SSSR count). The number of hydrogen-bond donors (Lipinski definition) is 1. The summed E-state index contributed by atoms with van der Waals surface area (Å²) in [5.41, 5.74) is 0.855. The summed E-state index contributed by atoms with van der Waals surface area (Å²) in [5.74, 6) is 0.630. The van der Waals surface area contributed by atoms with Crippen LogP contribution in [0, 0.1) is 0 Å². The Hall–Kier alpha value is -2.15. The van der Waals surface area contributed by atoms with Crippen LogP contribution < -0.4 is 5.32 Å². The Bertz CT molecular complexity index is 532. The molecule has 0 unspecified atom stereocenters. The van der Waals surface area contributed by atoms with Gasteiger partial charge in [0.15, 0.2) is 0 Å². The molecule has 18 heavy (non-hydrogen) atoms. The molecule has 1 N–H and O–H groups in total. The number of carbonyl (C=O) groups excluding carboxylic acids is 1. The first-order valence-electron chi connectivity index (χ1n) is 5.40. The van der Waals surface area contributed by atoms with Crippen LogP contribution in [0.1, 0.15) is 5.89 Å². The smallest absolute Gasteiger partial charge is 0.246 e. The second kappa shape index (κ2) is 5.46. The van der Waals surface area contributed by atoms with Crippen molar-refractivity contribution < 1.29 is 14.1 Å². The molecule has 0 saturated carbocycles. The number of hydrogen-bond acceptors (Lipinski definition) is 5. The highest BCUT2D eigenvalue weighted by Gasteiger charge is 2.11. The lowest BCUT2D eigenvalue weighted by atomic mass is 10.4. The zero-order valence-electron chi connectivity index (χ0n) is 10.2. The van der Waals surface area contributed by atoms with Crippen molar-refractivity contribution in [2.24, 2.45) is 7.05 Å². The lowest BCUT2D eigenvalue weighted by molar-refractivity contribution is -0.125. The number of amides is 1. The van der Waals surface area contributed by atoms with Crippen molar-refractivity contribution in [3.05, 3.63) is 24.2 Å². The molecule has 2 heterocycles. The van der Waals surface area contributed by atoms with E-state index < -0.39 is 0 Å². The van der Waals surface area contributed by atoms with Gasteiger partial charge in [-0.1, -0.05) is 5.16 Å². The zero-order valence-corrected chi connectivity index (χ0v) is 10.2. The lowest BCUT2D eigenvalue weighted by Crippen LogP contribution is -2.26. The molecular formula is C11H14N4O3. The molecule has 0 fully saturated rings. The normalized spacial score (nSPS) is 10.6. The number of carbonyl (C=O) groups is 1. The molecule has 0 aliphatic rings. The lowest BCUT2D eigenvalue weighted by Gasteiger charge is -1.99. The minimum absolute atomic E-state index is 0.0127. The van der Waals surface area contributed by atoms with Crippen molar-refractivity contribution in [2.75, 3.05) is 13.7 Å². The quantitative estimate of drug-likeness (QED) is 0.827. The molecule has 2 aromatic rings. The van der Waals surface area contributed by atoms with Crippen molar-refractivity contribution in [3.8, 4) is 11.5 Å². The molecule has 7 heteroatoms. The molecule has 0 bridgehead atoms. The highest BCUT2D eigenvalue weighted by Crippen LogP contribution is 2.15. The number of aromatic nitrogens is 3. The summed E-state index contributed by atoms with van der Waals surface area (Å²) >= 11 is 0. The van der Waals surface area contributed by atoms with E-state index in [1.165, 1.54) is 7.11 Å². The van der Waals surface area contributed by atoms with Gasteiger partial charge in [-0.15, -0.1) is 0 Å². The van der Waals surface area contributed by atoms with E-state index in [9.17, 15) is 4.79 Å². The van der Waals surface area contributed by atoms with Gasteiger partial charge in [-0.2, -0.15) is 4.98 Å². The maximum Gasteiger partial charge on any atom is 0.246 e. The van der Waals surface area contributed by atoms with Gasteiger partial charge in [-0.3, -0.25) is 4.79 Å². The van der Waals surface area contributed by atoms with Crippen LogP contribution in [0.4, 0.5) is 0 Å². The third-order valence-corrected chi connectivity index (χ3v) is 2.35. The minimum Gasteiger partial charge on any atom is -0.375 e. The molecule has 0 aromatic carbocycles. The van der Waals surface area contributed by atoms with Crippen LogP contribution in [0.25, 0.3) is 11.5 Å². The molecule has 1 amide bonds. The third-order valence-electron chi connectivity index (χ3n) is 2.35. The van der Waals surface area contributed by atoms with Gasteiger partial charge in [0, 0.05) is 20.4 Å². The Morgan fingerprint density at radius 1 is 1.61 bits per heavy atom. The number of aryl methyl sites for hydroxylation is 1. The van der Waals surface area contributed by atoms with E-state index in [0.29, 0.717) is 11.7 Å². The summed E-state index contributed by atoms with van der Waals surface area (Å²) in [6, 6.07) is 3.78. The molecule has 0 atom stereocenters. The van der Waals surface area contributed by atoms with Crippen molar-refractivity contribution in [3.63, 3.8) is 0 Å². The molecule has 2 aromatic heterocycles. The predicted molar refractivity (Wildman–Crippen MR) is 62.4 cm³/mol. The van der Waals surface area contributed by atoms with E-state index in [2.05, 4.69) is 20.2 Å². The monoisotopic (exact) mass is 250 g/mol. The summed E-state index contributed by atoms with van der Waals surface area (Å²) in [4.78, 5) is 15.4. The Morgan fingerprint density at radius 3 is 3.11 bits per heavy atom. The molecule has 7 nitrogen and oxygen atoms in total. The van der Waals surface area contributed by atoms with Crippen LogP contribution in [0.2, 0.25) is 0 Å². The second-order valence-electron chi connectivity index (χ2n) is 3.73. The molecule has 0 radical (unpaired) electrons. The van der Waals surface area contributed by atoms with E-state index >= 15 is 0 Å². The molecular weight excluding hydrogens is 236 g/mol. The first-order valence-corrected chi connectivity index (χ1v) is 5.40. The van der Waals surface area contributed by atoms with E-state index in [-0.39, 0.29) is 19.1 Å². The van der Waals surface area contributed by atoms with Gasteiger partial charge in [0.05, 0.1) is 12.2 Å². The standard InChI is InChI=1S/C11H14N4O3/c1-15-5-3-4-8(15)11-13-10(18-14-11)6-12-9(16)7-17-2/h3-5H,6-7H2,1-2H3,(H,12,16). The van der Waals surface area contributed by atoms with E-state index in [4.69, 9.17) is 4.52 Å². The zero-order chi connectivity index (χ0) is 13.0. The van der Waals surface area contributed by atoms with Gasteiger partial charge < -0.3 is 19.1 Å².